The largest absolute Gasteiger partial charge is 0.391 e. The normalized spacial score (nSPS) is 18.1. The number of aliphatic hydroxyl groups is 1. The fourth-order valence-electron chi connectivity index (χ4n) is 14.9. The number of hydrogen-bond donors (Lipinski definition) is 3. The van der Waals surface area contributed by atoms with E-state index in [4.69, 9.17) is 34.7 Å². The van der Waals surface area contributed by atoms with Crippen LogP contribution in [0, 0.1) is 6.92 Å². The lowest BCUT2D eigenvalue weighted by Crippen LogP contribution is -2.34. The van der Waals surface area contributed by atoms with Gasteiger partial charge in [0.05, 0.1) is 89.3 Å². The van der Waals surface area contributed by atoms with Gasteiger partial charge in [-0.05, 0) is 132 Å². The van der Waals surface area contributed by atoms with Crippen molar-refractivity contribution in [3.8, 4) is 33.8 Å². The van der Waals surface area contributed by atoms with Gasteiger partial charge in [0.15, 0.2) is 0 Å². The molecule has 1 amide bonds. The highest BCUT2D eigenvalue weighted by Crippen LogP contribution is 2.41. The Labute approximate surface area is 539 Å². The van der Waals surface area contributed by atoms with Crippen molar-refractivity contribution in [1.82, 2.24) is 54.4 Å². The molecule has 3 aromatic carbocycles. The van der Waals surface area contributed by atoms with Crippen LogP contribution in [0.5, 0.6) is 0 Å². The molecule has 15 rings (SSSR count). The van der Waals surface area contributed by atoms with Gasteiger partial charge < -0.3 is 43.7 Å². The number of imidazole rings is 3. The molecule has 0 radical (unpaired) electrons. The minimum absolute atomic E-state index is 0.116. The first-order chi connectivity index (χ1) is 44.7. The summed E-state index contributed by atoms with van der Waals surface area (Å²) < 4.78 is 7.35. The number of nitrogens with zero attached hydrogens (tertiary/aromatic N) is 13. The lowest BCUT2D eigenvalue weighted by molar-refractivity contribution is -0.119. The van der Waals surface area contributed by atoms with E-state index in [0.717, 1.165) is 167 Å². The quantitative estimate of drug-likeness (QED) is 0.0833. The monoisotopic (exact) mass is 1230 g/mol. The van der Waals surface area contributed by atoms with Crippen LogP contribution in [0.1, 0.15) is 152 Å². The summed E-state index contributed by atoms with van der Waals surface area (Å²) in [5, 5.41) is 13.3. The molecule has 92 heavy (non-hydrogen) atoms. The zero-order valence-corrected chi connectivity index (χ0v) is 54.0. The van der Waals surface area contributed by atoms with Crippen molar-refractivity contribution < 1.29 is 14.7 Å². The molecule has 2 fully saturated rings. The Balaban J connectivity index is 0.784. The number of aliphatic hydroxyl groups excluding tert-OH is 1. The number of aryl methyl sites for hydroxylation is 1. The van der Waals surface area contributed by atoms with Gasteiger partial charge in [-0.25, -0.2) is 15.0 Å². The number of hydroxylamine groups is 1. The van der Waals surface area contributed by atoms with E-state index in [-0.39, 0.29) is 35.7 Å². The molecule has 0 saturated carbocycles. The summed E-state index contributed by atoms with van der Waals surface area (Å²) in [6, 6.07) is 35.5. The Morgan fingerprint density at radius 3 is 1.59 bits per heavy atom. The minimum Gasteiger partial charge on any atom is -0.391 e. The molecule has 6 aliphatic heterocycles. The molecule has 2 unspecified atom stereocenters. The van der Waals surface area contributed by atoms with E-state index in [1.807, 2.05) is 12.3 Å². The van der Waals surface area contributed by atoms with Crippen molar-refractivity contribution in [2.24, 2.45) is 0 Å². The summed E-state index contributed by atoms with van der Waals surface area (Å²) in [5.41, 5.74) is 26.0. The third-order valence-corrected chi connectivity index (χ3v) is 19.8. The van der Waals surface area contributed by atoms with Crippen LogP contribution in [0.3, 0.4) is 0 Å². The lowest BCUT2D eigenvalue weighted by atomic mass is 9.97. The Morgan fingerprint density at radius 2 is 1.08 bits per heavy atom. The maximum Gasteiger partial charge on any atom is 0.220 e. The van der Waals surface area contributed by atoms with E-state index in [0.29, 0.717) is 52.0 Å². The van der Waals surface area contributed by atoms with Crippen LogP contribution < -0.4 is 30.4 Å². The van der Waals surface area contributed by atoms with Crippen LogP contribution in [0.25, 0.3) is 39.5 Å². The van der Waals surface area contributed by atoms with Crippen molar-refractivity contribution in [1.29, 1.82) is 0 Å². The topological polar surface area (TPSA) is 176 Å². The van der Waals surface area contributed by atoms with Crippen molar-refractivity contribution in [2.45, 2.75) is 143 Å². The van der Waals surface area contributed by atoms with Gasteiger partial charge >= 0.3 is 0 Å². The van der Waals surface area contributed by atoms with Gasteiger partial charge in [-0.2, -0.15) is 0 Å². The second-order valence-corrected chi connectivity index (χ2v) is 26.9. The fraction of sp³-hybridized carbons (Fsp3) is 0.392. The highest BCUT2D eigenvalue weighted by Gasteiger charge is 2.33. The minimum atomic E-state index is -0.267. The van der Waals surface area contributed by atoms with E-state index in [2.05, 4.69) is 202 Å². The lowest BCUT2D eigenvalue weighted by Gasteiger charge is -2.32. The van der Waals surface area contributed by atoms with Gasteiger partial charge in [-0.15, -0.1) is 0 Å². The van der Waals surface area contributed by atoms with Crippen LogP contribution in [0.15, 0.2) is 122 Å². The van der Waals surface area contributed by atoms with Crippen LogP contribution in [0.4, 0.5) is 22.7 Å². The van der Waals surface area contributed by atoms with Gasteiger partial charge in [0.2, 0.25) is 5.91 Å². The third kappa shape index (κ3) is 11.3. The second-order valence-electron chi connectivity index (χ2n) is 26.9. The molecule has 3 N–H and O–H groups in total. The van der Waals surface area contributed by atoms with E-state index >= 15 is 0 Å². The molecule has 18 heteroatoms. The number of carbonyl (C=O) groups is 1. The Bertz CT molecular complexity index is 4270. The molecular formula is C74H83N15O3. The SMILES string of the molecule is Cc1nc(-c2cc(Cc3nc(-c4cc(Cc5nc(-c6cccnc6C(C)C)c6n5CCN(c5ccc(C7=CCON7)cc5)C6)cnc4C(C)C)c4n3CCN(c3ccc(C5CNC(=O)C5)cc3)C4)cnc2C(C)C)c2n1CCN(c1ccc(N3CCC(O)C3)cc1)C2. The molecule has 0 aliphatic carbocycles. The molecule has 472 valence electrons. The van der Waals surface area contributed by atoms with E-state index in [1.165, 1.54) is 28.3 Å². The number of anilines is 4. The number of aromatic nitrogens is 9. The maximum absolute atomic E-state index is 12.3. The van der Waals surface area contributed by atoms with Crippen LogP contribution in [-0.4, -0.2) is 107 Å². The molecule has 2 atom stereocenters. The molecule has 0 spiro atoms. The maximum atomic E-state index is 12.3. The van der Waals surface area contributed by atoms with E-state index in [1.54, 1.807) is 0 Å². The van der Waals surface area contributed by atoms with Gasteiger partial charge in [-0.1, -0.05) is 65.8 Å². The number of fused-ring (bicyclic) bond motifs is 3. The van der Waals surface area contributed by atoms with Crippen LogP contribution in [-0.2, 0) is 61.7 Å². The molecular weight excluding hydrogens is 1150 g/mol. The second kappa shape index (κ2) is 24.5. The van der Waals surface area contributed by atoms with Gasteiger partial charge in [0.1, 0.15) is 17.5 Å². The summed E-state index contributed by atoms with van der Waals surface area (Å²) in [7, 11) is 0. The first kappa shape index (κ1) is 59.2. The van der Waals surface area contributed by atoms with Gasteiger partial charge in [-0.3, -0.25) is 30.1 Å². The number of amides is 1. The predicted octanol–water partition coefficient (Wildman–Crippen LogP) is 11.4. The first-order valence-corrected chi connectivity index (χ1v) is 33.2. The summed E-state index contributed by atoms with van der Waals surface area (Å²) in [5.74, 6) is 3.83. The van der Waals surface area contributed by atoms with Crippen LogP contribution in [0.2, 0.25) is 0 Å². The Hall–Kier alpha value is -9.13. The molecule has 0 bridgehead atoms. The number of carbonyl (C=O) groups excluding carboxylic acids is 1. The predicted molar refractivity (Wildman–Crippen MR) is 362 cm³/mol. The zero-order chi connectivity index (χ0) is 62.9. The Morgan fingerprint density at radius 1 is 0.576 bits per heavy atom. The standard InChI is InChI=1S/C74H83N15O3/c1-45(2)69-59(9-8-24-75-69)72-64-43-85(55-16-12-52(13-17-55)62-23-32-92-82-62)27-30-88(64)66(80-72)35-50-34-61(71(47(5)6)78-39-50)74-65-44-86(54-14-10-51(11-15-54)53-37-68(91)76-40-53)28-31-89(65)67(81-74)36-49-33-60(70(46(3)4)77-38-49)73-63-42-84(26-29-87(63)48(7)79-73)57-20-18-56(19-21-57)83-25-22-58(90)41-83/h8-21,23-24,33-34,38-39,45-47,53,58,82,90H,22,25-32,35-37,40-44H2,1-7H3,(H,76,91). The molecule has 2 saturated heterocycles. The van der Waals surface area contributed by atoms with Gasteiger partial charge in [0.25, 0.3) is 0 Å². The molecule has 18 nitrogen and oxygen atoms in total. The van der Waals surface area contributed by atoms with Crippen molar-refractivity contribution in [3.05, 3.63) is 196 Å². The third-order valence-electron chi connectivity index (χ3n) is 19.8. The van der Waals surface area contributed by atoms with Crippen molar-refractivity contribution in [3.63, 3.8) is 0 Å². The summed E-state index contributed by atoms with van der Waals surface area (Å²) in [6.45, 7) is 25.3. The number of β-amino-alcohol motifs (C(OH)–C–C–N with tert-alkyl or cyclic N) is 1. The number of rotatable bonds is 16. The number of pyridine rings is 3. The average Bonchev–Trinajstić information content (AvgIpc) is 1.62. The summed E-state index contributed by atoms with van der Waals surface area (Å²) in [4.78, 5) is 59.8. The average molecular weight is 1230 g/mol. The smallest absolute Gasteiger partial charge is 0.220 e. The van der Waals surface area contributed by atoms with Crippen LogP contribution >= 0.6 is 0 Å². The highest BCUT2D eigenvalue weighted by atomic mass is 16.6. The molecule has 6 aromatic heterocycles. The fourth-order valence-corrected chi connectivity index (χ4v) is 14.9. The van der Waals surface area contributed by atoms with Gasteiger partial charge in [0, 0.05) is 142 Å². The zero-order valence-electron chi connectivity index (χ0n) is 54.0. The summed E-state index contributed by atoms with van der Waals surface area (Å²) >= 11 is 0. The van der Waals surface area contributed by atoms with Crippen molar-refractivity contribution in [2.75, 3.05) is 65.5 Å². The van der Waals surface area contributed by atoms with Crippen molar-refractivity contribution >= 4 is 34.4 Å². The Kier molecular flexibility index (Phi) is 15.8. The summed E-state index contributed by atoms with van der Waals surface area (Å²) in [6.07, 6.45) is 10.4. The first-order valence-electron chi connectivity index (χ1n) is 33.2. The number of nitrogens with one attached hydrogen (secondary N) is 2. The molecule has 12 heterocycles. The number of benzene rings is 3. The van der Waals surface area contributed by atoms with E-state index < -0.39 is 0 Å². The number of hydrogen-bond acceptors (Lipinski definition) is 14. The highest BCUT2D eigenvalue weighted by molar-refractivity contribution is 5.79. The van der Waals surface area contributed by atoms with E-state index in [9.17, 15) is 9.90 Å². The molecule has 9 aromatic rings. The molecule has 6 aliphatic rings.